The molecule has 0 spiro atoms. The van der Waals surface area contributed by atoms with E-state index in [9.17, 15) is 4.79 Å². The van der Waals surface area contributed by atoms with E-state index in [1.165, 1.54) is 25.7 Å². The molecule has 1 nitrogen and oxygen atoms in total. The second kappa shape index (κ2) is 8.76. The molecule has 12 heavy (non-hydrogen) atoms. The zero-order valence-electron chi connectivity index (χ0n) is 6.57. The molecule has 0 N–H and O–H groups in total. The number of rotatable bonds is 0. The van der Waals surface area contributed by atoms with Crippen molar-refractivity contribution in [2.45, 2.75) is 66.2 Å². The van der Waals surface area contributed by atoms with Crippen molar-refractivity contribution in [1.29, 1.82) is 0 Å². The molecule has 1 heteroatoms. The van der Waals surface area contributed by atoms with Gasteiger partial charge in [0, 0.05) is 12.8 Å². The van der Waals surface area contributed by atoms with Gasteiger partial charge in [-0.3, -0.25) is 4.79 Å². The highest BCUT2D eigenvalue weighted by molar-refractivity contribution is 5.78. The van der Waals surface area contributed by atoms with Gasteiger partial charge in [0.25, 0.3) is 0 Å². The molecular formula is C11H24O. The molecule has 0 aromatic rings. The summed E-state index contributed by atoms with van der Waals surface area (Å²) in [5.74, 6) is 0.488. The Kier molecular flexibility index (Phi) is 10.4. The third-order valence-electron chi connectivity index (χ3n) is 2.16. The second-order valence-electron chi connectivity index (χ2n) is 3.16. The Balaban J connectivity index is 0. The van der Waals surface area contributed by atoms with E-state index in [0.717, 1.165) is 25.7 Å². The lowest BCUT2D eigenvalue weighted by atomic mass is 10.1. The lowest BCUT2D eigenvalue weighted by molar-refractivity contribution is -0.119. The largest absolute Gasteiger partial charge is 0.300 e. The summed E-state index contributed by atoms with van der Waals surface area (Å²) in [5, 5.41) is 0. The van der Waals surface area contributed by atoms with Crippen molar-refractivity contribution in [3.63, 3.8) is 0 Å². The lowest BCUT2D eigenvalue weighted by Crippen LogP contribution is -1.95. The van der Waals surface area contributed by atoms with E-state index in [1.54, 1.807) is 0 Å². The second-order valence-corrected chi connectivity index (χ2v) is 3.16. The van der Waals surface area contributed by atoms with Crippen LogP contribution >= 0.6 is 0 Å². The van der Waals surface area contributed by atoms with Crippen LogP contribution in [0.15, 0.2) is 0 Å². The van der Waals surface area contributed by atoms with Gasteiger partial charge in [-0.2, -0.15) is 0 Å². The average molecular weight is 172 g/mol. The Morgan fingerprint density at radius 1 is 0.667 bits per heavy atom. The van der Waals surface area contributed by atoms with Gasteiger partial charge in [-0.05, 0) is 12.8 Å². The summed E-state index contributed by atoms with van der Waals surface area (Å²) in [6, 6.07) is 0. The van der Waals surface area contributed by atoms with Crippen LogP contribution in [0.4, 0.5) is 0 Å². The van der Waals surface area contributed by atoms with Crippen LogP contribution in [0.1, 0.15) is 66.2 Å². The van der Waals surface area contributed by atoms with Crippen LogP contribution in [0, 0.1) is 0 Å². The minimum Gasteiger partial charge on any atom is -0.300 e. The molecule has 0 radical (unpaired) electrons. The quantitative estimate of drug-likeness (QED) is 0.540. The maximum absolute atomic E-state index is 11.0. The smallest absolute Gasteiger partial charge is 0.132 e. The number of hydrogen-bond donors (Lipinski definition) is 0. The van der Waals surface area contributed by atoms with E-state index in [2.05, 4.69) is 0 Å². The summed E-state index contributed by atoms with van der Waals surface area (Å²) < 4.78 is 0. The van der Waals surface area contributed by atoms with E-state index in [-0.39, 0.29) is 14.9 Å². The summed E-state index contributed by atoms with van der Waals surface area (Å²) in [4.78, 5) is 11.0. The van der Waals surface area contributed by atoms with Crippen LogP contribution in [0.5, 0.6) is 0 Å². The van der Waals surface area contributed by atoms with Crippen molar-refractivity contribution < 1.29 is 4.79 Å². The highest BCUT2D eigenvalue weighted by atomic mass is 16.1. The molecule has 0 aromatic heterocycles. The van der Waals surface area contributed by atoms with Gasteiger partial charge < -0.3 is 0 Å². The minimum absolute atomic E-state index is 0. The first-order valence-electron chi connectivity index (χ1n) is 4.41. The molecule has 1 saturated carbocycles. The summed E-state index contributed by atoms with van der Waals surface area (Å²) in [6.45, 7) is 0. The Morgan fingerprint density at radius 3 is 1.42 bits per heavy atom. The van der Waals surface area contributed by atoms with Gasteiger partial charge in [0.2, 0.25) is 0 Å². The maximum Gasteiger partial charge on any atom is 0.132 e. The van der Waals surface area contributed by atoms with Gasteiger partial charge in [-0.15, -0.1) is 0 Å². The summed E-state index contributed by atoms with van der Waals surface area (Å²) in [5.41, 5.74) is 0. The first kappa shape index (κ1) is 14.2. The molecule has 0 atom stereocenters. The lowest BCUT2D eigenvalue weighted by Gasteiger charge is -1.93. The fourth-order valence-corrected chi connectivity index (χ4v) is 1.48. The Hall–Kier alpha value is -0.330. The third-order valence-corrected chi connectivity index (χ3v) is 2.16. The molecular weight excluding hydrogens is 148 g/mol. The summed E-state index contributed by atoms with van der Waals surface area (Å²) in [7, 11) is 0. The van der Waals surface area contributed by atoms with Crippen molar-refractivity contribution in [2.24, 2.45) is 0 Å². The predicted octanol–water partition coefficient (Wildman–Crippen LogP) is 3.96. The van der Waals surface area contributed by atoms with Gasteiger partial charge >= 0.3 is 0 Å². The van der Waals surface area contributed by atoms with Crippen molar-refractivity contribution in [3.05, 3.63) is 0 Å². The molecule has 74 valence electrons. The molecule has 0 unspecified atom stereocenters. The number of Topliss-reactive ketones (excluding diaryl/α,β-unsaturated/α-hetero) is 1. The number of carbonyl (C=O) groups excluding carboxylic acids is 1. The zero-order valence-corrected chi connectivity index (χ0v) is 6.57. The van der Waals surface area contributed by atoms with Gasteiger partial charge in [0.1, 0.15) is 5.78 Å². The highest BCUT2D eigenvalue weighted by Gasteiger charge is 2.03. The van der Waals surface area contributed by atoms with Crippen LogP contribution < -0.4 is 0 Å². The molecule has 0 bridgehead atoms. The van der Waals surface area contributed by atoms with Gasteiger partial charge in [0.05, 0.1) is 0 Å². The van der Waals surface area contributed by atoms with E-state index < -0.39 is 0 Å². The minimum atomic E-state index is 0. The molecule has 0 saturated heterocycles. The zero-order chi connectivity index (χ0) is 7.23. The number of hydrogen-bond acceptors (Lipinski definition) is 1. The van der Waals surface area contributed by atoms with Crippen molar-refractivity contribution in [3.8, 4) is 0 Å². The maximum atomic E-state index is 11.0. The van der Waals surface area contributed by atoms with Crippen molar-refractivity contribution in [1.82, 2.24) is 0 Å². The van der Waals surface area contributed by atoms with E-state index in [0.29, 0.717) is 5.78 Å². The van der Waals surface area contributed by atoms with Crippen molar-refractivity contribution in [2.75, 3.05) is 0 Å². The molecule has 1 aliphatic carbocycles. The number of ketones is 1. The van der Waals surface area contributed by atoms with Crippen LogP contribution in [-0.4, -0.2) is 5.78 Å². The SMILES string of the molecule is C.C.O=C1CCCCCCCC1. The molecule has 0 aromatic carbocycles. The first-order valence-corrected chi connectivity index (χ1v) is 4.41. The van der Waals surface area contributed by atoms with Gasteiger partial charge in [-0.25, -0.2) is 0 Å². The van der Waals surface area contributed by atoms with Gasteiger partial charge in [-0.1, -0.05) is 40.5 Å². The van der Waals surface area contributed by atoms with Crippen LogP contribution in [-0.2, 0) is 4.79 Å². The highest BCUT2D eigenvalue weighted by Crippen LogP contribution is 2.13. The topological polar surface area (TPSA) is 17.1 Å². The van der Waals surface area contributed by atoms with E-state index in [1.807, 2.05) is 0 Å². The molecule has 0 amide bonds. The molecule has 1 aliphatic rings. The molecule has 1 fully saturated rings. The Labute approximate surface area is 77.6 Å². The van der Waals surface area contributed by atoms with Crippen LogP contribution in [0.25, 0.3) is 0 Å². The van der Waals surface area contributed by atoms with Gasteiger partial charge in [0.15, 0.2) is 0 Å². The third kappa shape index (κ3) is 6.38. The Bertz CT molecular complexity index is 95.6. The Morgan fingerprint density at radius 2 is 1.00 bits per heavy atom. The first-order chi connectivity index (χ1) is 4.89. The summed E-state index contributed by atoms with van der Waals surface area (Å²) in [6.07, 6.45) is 9.19. The van der Waals surface area contributed by atoms with Crippen LogP contribution in [0.3, 0.4) is 0 Å². The fraction of sp³-hybridized carbons (Fsp3) is 0.909. The fourth-order valence-electron chi connectivity index (χ4n) is 1.48. The predicted molar refractivity (Wildman–Crippen MR) is 55.4 cm³/mol. The van der Waals surface area contributed by atoms with E-state index >= 15 is 0 Å². The molecule has 1 rings (SSSR count). The molecule has 0 aliphatic heterocycles. The average Bonchev–Trinajstić information content (AvgIpc) is 2.02. The normalized spacial score (nSPS) is 19.2. The molecule has 0 heterocycles. The standard InChI is InChI=1S/C9H16O.2CH4/c10-9-7-5-3-1-2-4-6-8-9;;/h1-8H2;2*1H4. The number of carbonyl (C=O) groups is 1. The summed E-state index contributed by atoms with van der Waals surface area (Å²) >= 11 is 0. The van der Waals surface area contributed by atoms with Crippen LogP contribution in [0.2, 0.25) is 0 Å². The van der Waals surface area contributed by atoms with E-state index in [4.69, 9.17) is 0 Å². The monoisotopic (exact) mass is 172 g/mol. The van der Waals surface area contributed by atoms with Crippen molar-refractivity contribution >= 4 is 5.78 Å².